The summed E-state index contributed by atoms with van der Waals surface area (Å²) in [6.45, 7) is 9.85. The minimum atomic E-state index is -0.456. The topological polar surface area (TPSA) is 62.7 Å². The fraction of sp³-hybridized carbons (Fsp3) is 0.533. The van der Waals surface area contributed by atoms with Gasteiger partial charge in [0.15, 0.2) is 5.75 Å². The van der Waals surface area contributed by atoms with Crippen LogP contribution in [0.3, 0.4) is 0 Å². The molecule has 0 atom stereocenters. The van der Waals surface area contributed by atoms with E-state index in [1.165, 1.54) is 6.20 Å². The Hall–Kier alpha value is -1.38. The van der Waals surface area contributed by atoms with Gasteiger partial charge in [-0.15, -0.1) is 0 Å². The molecule has 0 saturated carbocycles. The molecule has 2 amide bonds. The van der Waals surface area contributed by atoms with E-state index in [1.807, 2.05) is 50.3 Å². The van der Waals surface area contributed by atoms with Gasteiger partial charge in [-0.05, 0) is 50.3 Å². The van der Waals surface area contributed by atoms with Crippen molar-refractivity contribution in [3.05, 3.63) is 21.5 Å². The highest BCUT2D eigenvalue weighted by Crippen LogP contribution is 2.26. The molecule has 122 valence electrons. The van der Waals surface area contributed by atoms with Crippen LogP contribution in [-0.4, -0.2) is 53.0 Å². The lowest BCUT2D eigenvalue weighted by atomic mass is 10.2. The smallest absolute Gasteiger partial charge is 0.408 e. The van der Waals surface area contributed by atoms with Crippen molar-refractivity contribution in [2.75, 3.05) is 26.2 Å². The van der Waals surface area contributed by atoms with E-state index in [-0.39, 0.29) is 11.7 Å². The summed E-state index contributed by atoms with van der Waals surface area (Å²) in [4.78, 5) is 32.0. The molecule has 1 heterocycles. The number of carbonyl (C=O) groups is 2. The van der Waals surface area contributed by atoms with Gasteiger partial charge < -0.3 is 14.5 Å². The van der Waals surface area contributed by atoms with Crippen LogP contribution in [0.5, 0.6) is 5.75 Å². The van der Waals surface area contributed by atoms with Crippen molar-refractivity contribution in [3.63, 3.8) is 0 Å². The number of hydrogen-bond donors (Lipinski definition) is 0. The minimum Gasteiger partial charge on any atom is -0.408 e. The number of aromatic nitrogens is 1. The Kier molecular flexibility index (Phi) is 7.57. The SMILES string of the molecule is CCN(CC)C(=O)Oc1c(I)cncc1C(=O)N(CC)CC. The molecule has 0 radical (unpaired) electrons. The monoisotopic (exact) mass is 419 g/mol. The Balaban J connectivity index is 3.14. The molecule has 0 unspecified atom stereocenters. The molecule has 0 aromatic carbocycles. The molecule has 22 heavy (non-hydrogen) atoms. The Morgan fingerprint density at radius 1 is 1.05 bits per heavy atom. The average Bonchev–Trinajstić information content (AvgIpc) is 2.51. The Bertz CT molecular complexity index is 529. The zero-order chi connectivity index (χ0) is 16.7. The maximum Gasteiger partial charge on any atom is 0.415 e. The van der Waals surface area contributed by atoms with Crippen molar-refractivity contribution < 1.29 is 14.3 Å². The van der Waals surface area contributed by atoms with Crippen LogP contribution in [0, 0.1) is 3.57 Å². The zero-order valence-corrected chi connectivity index (χ0v) is 15.6. The summed E-state index contributed by atoms with van der Waals surface area (Å²) in [7, 11) is 0. The molecule has 0 aliphatic carbocycles. The van der Waals surface area contributed by atoms with Gasteiger partial charge in [-0.1, -0.05) is 0 Å². The van der Waals surface area contributed by atoms with Crippen LogP contribution in [0.15, 0.2) is 12.4 Å². The van der Waals surface area contributed by atoms with E-state index in [1.54, 1.807) is 16.0 Å². The number of amides is 2. The van der Waals surface area contributed by atoms with Gasteiger partial charge in [0.1, 0.15) is 5.56 Å². The summed E-state index contributed by atoms with van der Waals surface area (Å²) < 4.78 is 6.11. The first-order valence-corrected chi connectivity index (χ1v) is 8.47. The van der Waals surface area contributed by atoms with Gasteiger partial charge in [-0.25, -0.2) is 4.79 Å². The molecule has 0 N–H and O–H groups in total. The summed E-state index contributed by atoms with van der Waals surface area (Å²) in [6, 6.07) is 0. The number of hydrogen-bond acceptors (Lipinski definition) is 4. The van der Waals surface area contributed by atoms with Crippen LogP contribution in [0.2, 0.25) is 0 Å². The summed E-state index contributed by atoms with van der Waals surface area (Å²) in [5.41, 5.74) is 0.316. The van der Waals surface area contributed by atoms with Gasteiger partial charge in [0.2, 0.25) is 0 Å². The molecule has 1 rings (SSSR count). The highest BCUT2D eigenvalue weighted by molar-refractivity contribution is 14.1. The highest BCUT2D eigenvalue weighted by atomic mass is 127. The Morgan fingerprint density at radius 2 is 1.59 bits per heavy atom. The van der Waals surface area contributed by atoms with Crippen molar-refractivity contribution in [3.8, 4) is 5.75 Å². The lowest BCUT2D eigenvalue weighted by Crippen LogP contribution is -2.35. The van der Waals surface area contributed by atoms with Crippen molar-refractivity contribution in [2.24, 2.45) is 0 Å². The molecule has 0 aliphatic rings. The zero-order valence-electron chi connectivity index (χ0n) is 13.4. The summed E-state index contributed by atoms with van der Waals surface area (Å²) in [5.74, 6) is 0.0998. The number of nitrogens with zero attached hydrogens (tertiary/aromatic N) is 3. The number of halogens is 1. The lowest BCUT2D eigenvalue weighted by Gasteiger charge is -2.22. The maximum absolute atomic E-state index is 12.5. The molecule has 0 aliphatic heterocycles. The molecule has 0 bridgehead atoms. The number of pyridine rings is 1. The summed E-state index contributed by atoms with van der Waals surface area (Å²) >= 11 is 2.02. The quantitative estimate of drug-likeness (QED) is 0.666. The molecule has 1 aromatic rings. The first kappa shape index (κ1) is 18.7. The van der Waals surface area contributed by atoms with Crippen LogP contribution in [0.25, 0.3) is 0 Å². The predicted octanol–water partition coefficient (Wildman–Crippen LogP) is 3.01. The van der Waals surface area contributed by atoms with E-state index in [0.29, 0.717) is 35.3 Å². The van der Waals surface area contributed by atoms with Gasteiger partial charge in [0, 0.05) is 38.6 Å². The molecule has 0 fully saturated rings. The average molecular weight is 419 g/mol. The van der Waals surface area contributed by atoms with Crippen LogP contribution >= 0.6 is 22.6 Å². The van der Waals surface area contributed by atoms with Crippen LogP contribution in [-0.2, 0) is 0 Å². The standard InChI is InChI=1S/C15H22IN3O3/c1-5-18(6-2)14(20)11-9-17-10-12(16)13(11)22-15(21)19(7-3)8-4/h9-10H,5-8H2,1-4H3. The molecule has 1 aromatic heterocycles. The third-order valence-corrected chi connectivity index (χ3v) is 4.11. The molecule has 0 saturated heterocycles. The first-order chi connectivity index (χ1) is 10.5. The van der Waals surface area contributed by atoms with E-state index in [9.17, 15) is 9.59 Å². The Morgan fingerprint density at radius 3 is 2.09 bits per heavy atom. The second-order valence-corrected chi connectivity index (χ2v) is 5.68. The number of rotatable bonds is 6. The van der Waals surface area contributed by atoms with Crippen LogP contribution in [0.1, 0.15) is 38.1 Å². The van der Waals surface area contributed by atoms with E-state index in [2.05, 4.69) is 4.98 Å². The van der Waals surface area contributed by atoms with E-state index in [0.717, 1.165) is 0 Å². The van der Waals surface area contributed by atoms with Crippen LogP contribution < -0.4 is 4.74 Å². The third kappa shape index (κ3) is 4.31. The first-order valence-electron chi connectivity index (χ1n) is 7.39. The number of carbonyl (C=O) groups excluding carboxylic acids is 2. The van der Waals surface area contributed by atoms with Crippen LogP contribution in [0.4, 0.5) is 4.79 Å². The molecular weight excluding hydrogens is 397 g/mol. The molecule has 0 spiro atoms. The second kappa shape index (κ2) is 8.92. The van der Waals surface area contributed by atoms with Gasteiger partial charge in [-0.3, -0.25) is 9.78 Å². The van der Waals surface area contributed by atoms with E-state index < -0.39 is 6.09 Å². The maximum atomic E-state index is 12.5. The van der Waals surface area contributed by atoms with Gasteiger partial charge >= 0.3 is 6.09 Å². The van der Waals surface area contributed by atoms with Gasteiger partial charge in [0.25, 0.3) is 5.91 Å². The highest BCUT2D eigenvalue weighted by Gasteiger charge is 2.23. The normalized spacial score (nSPS) is 10.2. The fourth-order valence-electron chi connectivity index (χ4n) is 1.99. The predicted molar refractivity (Wildman–Crippen MR) is 93.2 cm³/mol. The lowest BCUT2D eigenvalue weighted by molar-refractivity contribution is 0.0768. The van der Waals surface area contributed by atoms with Crippen molar-refractivity contribution >= 4 is 34.6 Å². The van der Waals surface area contributed by atoms with Crippen molar-refractivity contribution in [1.29, 1.82) is 0 Å². The fourth-order valence-corrected chi connectivity index (χ4v) is 2.56. The summed E-state index contributed by atoms with van der Waals surface area (Å²) in [5, 5.41) is 0. The Labute approximate surface area is 145 Å². The minimum absolute atomic E-state index is 0.182. The third-order valence-electron chi connectivity index (χ3n) is 3.35. The number of ether oxygens (including phenoxy) is 1. The second-order valence-electron chi connectivity index (χ2n) is 4.52. The molecular formula is C15H22IN3O3. The molecule has 7 heteroatoms. The van der Waals surface area contributed by atoms with Gasteiger partial charge in [-0.2, -0.15) is 0 Å². The summed E-state index contributed by atoms with van der Waals surface area (Å²) in [6.07, 6.45) is 2.57. The largest absolute Gasteiger partial charge is 0.415 e. The molecule has 6 nitrogen and oxygen atoms in total. The van der Waals surface area contributed by atoms with E-state index >= 15 is 0 Å². The van der Waals surface area contributed by atoms with Gasteiger partial charge in [0.05, 0.1) is 3.57 Å². The van der Waals surface area contributed by atoms with Crippen molar-refractivity contribution in [2.45, 2.75) is 27.7 Å². The van der Waals surface area contributed by atoms with Crippen molar-refractivity contribution in [1.82, 2.24) is 14.8 Å². The van der Waals surface area contributed by atoms with E-state index in [4.69, 9.17) is 4.74 Å².